The summed E-state index contributed by atoms with van der Waals surface area (Å²) in [4.78, 5) is 45.0. The zero-order valence-corrected chi connectivity index (χ0v) is 22.5. The summed E-state index contributed by atoms with van der Waals surface area (Å²) in [7, 11) is 5.72. The number of rotatable bonds is 7. The van der Waals surface area contributed by atoms with Gasteiger partial charge in [-0.2, -0.15) is 0 Å². The fourth-order valence-corrected chi connectivity index (χ4v) is 5.32. The molecule has 1 fully saturated rings. The van der Waals surface area contributed by atoms with Gasteiger partial charge in [-0.15, -0.1) is 0 Å². The highest BCUT2D eigenvalue weighted by Crippen LogP contribution is 2.45. The molecule has 0 saturated carbocycles. The maximum atomic E-state index is 13.5. The van der Waals surface area contributed by atoms with E-state index in [1.807, 2.05) is 0 Å². The van der Waals surface area contributed by atoms with E-state index in [4.69, 9.17) is 18.9 Å². The van der Waals surface area contributed by atoms with Crippen LogP contribution in [0, 0.1) is 13.8 Å². The number of Topliss-reactive ketones (excluding diaryl/α,β-unsaturated/α-hetero) is 1. The van der Waals surface area contributed by atoms with Gasteiger partial charge in [0.1, 0.15) is 16.4 Å². The molecule has 3 aromatic rings. The summed E-state index contributed by atoms with van der Waals surface area (Å²) in [6.45, 7) is 3.36. The molecule has 11 heteroatoms. The van der Waals surface area contributed by atoms with Crippen molar-refractivity contribution in [1.29, 1.82) is 0 Å². The Morgan fingerprint density at radius 2 is 1.68 bits per heavy atom. The van der Waals surface area contributed by atoms with E-state index in [0.717, 1.165) is 11.3 Å². The van der Waals surface area contributed by atoms with Gasteiger partial charge in [-0.1, -0.05) is 17.4 Å². The molecule has 4 rings (SSSR count). The van der Waals surface area contributed by atoms with Crippen molar-refractivity contribution >= 4 is 39.9 Å². The van der Waals surface area contributed by atoms with Crippen LogP contribution in [0.4, 0.5) is 5.13 Å². The standard InChI is InChI=1S/C27H26N2O8S/c1-13-11-16(34-3)8-9-17(13)22(30)20-21(15-7-10-18(35-4)19(12-15)36-5)29(25(32)23(20)31)27-28-14(2)24(38-27)26(33)37-6/h7-12,21,30H,1-6H3/b22-20+/t21-/m1/s1. The third kappa shape index (κ3) is 4.45. The Balaban J connectivity index is 1.98. The number of amides is 1. The Kier molecular flexibility index (Phi) is 7.40. The van der Waals surface area contributed by atoms with Crippen LogP contribution in [0.2, 0.25) is 0 Å². The second-order valence-electron chi connectivity index (χ2n) is 8.37. The van der Waals surface area contributed by atoms with Gasteiger partial charge in [-0.05, 0) is 55.3 Å². The number of benzene rings is 2. The Labute approximate surface area is 223 Å². The number of carbonyl (C=O) groups is 3. The van der Waals surface area contributed by atoms with Crippen molar-refractivity contribution in [2.75, 3.05) is 33.3 Å². The molecule has 0 radical (unpaired) electrons. The number of nitrogens with zero attached hydrogens (tertiary/aromatic N) is 2. The van der Waals surface area contributed by atoms with Gasteiger partial charge in [0.15, 0.2) is 16.6 Å². The predicted molar refractivity (Wildman–Crippen MR) is 140 cm³/mol. The lowest BCUT2D eigenvalue weighted by molar-refractivity contribution is -0.132. The zero-order chi connectivity index (χ0) is 27.7. The fraction of sp³-hybridized carbons (Fsp3) is 0.259. The van der Waals surface area contributed by atoms with Gasteiger partial charge in [-0.3, -0.25) is 14.5 Å². The molecule has 1 amide bonds. The van der Waals surface area contributed by atoms with Crippen LogP contribution in [0.15, 0.2) is 42.0 Å². The summed E-state index contributed by atoms with van der Waals surface area (Å²) < 4.78 is 20.9. The molecule has 1 N–H and O–H groups in total. The minimum absolute atomic E-state index is 0.107. The van der Waals surface area contributed by atoms with Crippen molar-refractivity contribution in [3.05, 3.63) is 69.2 Å². The number of esters is 1. The topological polar surface area (TPSA) is 124 Å². The lowest BCUT2D eigenvalue weighted by Crippen LogP contribution is -2.29. The highest BCUT2D eigenvalue weighted by atomic mass is 32.1. The predicted octanol–water partition coefficient (Wildman–Crippen LogP) is 4.20. The van der Waals surface area contributed by atoms with E-state index in [1.165, 1.54) is 33.3 Å². The molecule has 0 bridgehead atoms. The number of thiazole rings is 1. The molecule has 1 atom stereocenters. The van der Waals surface area contributed by atoms with Crippen LogP contribution in [-0.4, -0.2) is 56.2 Å². The number of ketones is 1. The Morgan fingerprint density at radius 3 is 2.29 bits per heavy atom. The summed E-state index contributed by atoms with van der Waals surface area (Å²) in [6.07, 6.45) is 0. The van der Waals surface area contributed by atoms with E-state index < -0.39 is 23.7 Å². The normalized spacial score (nSPS) is 16.5. The van der Waals surface area contributed by atoms with Crippen molar-refractivity contribution in [2.24, 2.45) is 0 Å². The third-order valence-corrected chi connectivity index (χ3v) is 7.36. The van der Waals surface area contributed by atoms with Gasteiger partial charge in [0.05, 0.1) is 45.7 Å². The first-order valence-corrected chi connectivity index (χ1v) is 12.2. The number of carbonyl (C=O) groups excluding carboxylic acids is 3. The molecule has 198 valence electrons. The number of ether oxygens (including phenoxy) is 4. The first kappa shape index (κ1) is 26.7. The van der Waals surface area contributed by atoms with Gasteiger partial charge < -0.3 is 24.1 Å². The van der Waals surface area contributed by atoms with Gasteiger partial charge in [0.2, 0.25) is 0 Å². The molecule has 2 aromatic carbocycles. The molecule has 0 unspecified atom stereocenters. The summed E-state index contributed by atoms with van der Waals surface area (Å²) in [6, 6.07) is 8.83. The van der Waals surface area contributed by atoms with E-state index in [1.54, 1.807) is 50.2 Å². The van der Waals surface area contributed by atoms with Crippen molar-refractivity contribution in [2.45, 2.75) is 19.9 Å². The largest absolute Gasteiger partial charge is 0.507 e. The third-order valence-electron chi connectivity index (χ3n) is 6.22. The number of hydrogen-bond acceptors (Lipinski definition) is 10. The SMILES string of the molecule is COC(=O)c1sc(N2C(=O)C(=O)/C(=C(/O)c3ccc(OC)cc3C)[C@H]2c2ccc(OC)c(OC)c2)nc1C. The first-order chi connectivity index (χ1) is 18.2. The van der Waals surface area contributed by atoms with Gasteiger partial charge >= 0.3 is 11.9 Å². The maximum absolute atomic E-state index is 13.5. The number of aromatic nitrogens is 1. The molecule has 0 spiro atoms. The molecule has 1 aliphatic heterocycles. The summed E-state index contributed by atoms with van der Waals surface area (Å²) in [5, 5.41) is 11.6. The van der Waals surface area contributed by atoms with Gasteiger partial charge in [0, 0.05) is 5.56 Å². The Bertz CT molecular complexity index is 1480. The number of aliphatic hydroxyl groups excluding tert-OH is 1. The zero-order valence-electron chi connectivity index (χ0n) is 21.6. The Hall–Kier alpha value is -4.38. The van der Waals surface area contributed by atoms with Crippen molar-refractivity contribution < 1.29 is 38.4 Å². The monoisotopic (exact) mass is 538 g/mol. The van der Waals surface area contributed by atoms with Crippen LogP contribution < -0.4 is 19.1 Å². The van der Waals surface area contributed by atoms with E-state index in [0.29, 0.717) is 39.6 Å². The number of anilines is 1. The number of methoxy groups -OCH3 is 4. The first-order valence-electron chi connectivity index (χ1n) is 11.4. The molecule has 38 heavy (non-hydrogen) atoms. The van der Waals surface area contributed by atoms with Gasteiger partial charge in [-0.25, -0.2) is 9.78 Å². The van der Waals surface area contributed by atoms with E-state index in [-0.39, 0.29) is 21.3 Å². The number of aryl methyl sites for hydroxylation is 2. The van der Waals surface area contributed by atoms with Crippen LogP contribution in [0.3, 0.4) is 0 Å². The number of hydrogen-bond donors (Lipinski definition) is 1. The van der Waals surface area contributed by atoms with Crippen LogP contribution in [0.5, 0.6) is 17.2 Å². The smallest absolute Gasteiger partial charge is 0.350 e. The molecular formula is C27H26N2O8S. The summed E-state index contributed by atoms with van der Waals surface area (Å²) in [5.41, 5.74) is 1.66. The van der Waals surface area contributed by atoms with E-state index in [2.05, 4.69) is 4.98 Å². The van der Waals surface area contributed by atoms with Crippen LogP contribution >= 0.6 is 11.3 Å². The minimum Gasteiger partial charge on any atom is -0.507 e. The second-order valence-corrected chi connectivity index (χ2v) is 9.34. The highest BCUT2D eigenvalue weighted by molar-refractivity contribution is 7.17. The van der Waals surface area contributed by atoms with Crippen molar-refractivity contribution in [3.63, 3.8) is 0 Å². The average molecular weight is 539 g/mol. The molecule has 10 nitrogen and oxygen atoms in total. The second kappa shape index (κ2) is 10.5. The lowest BCUT2D eigenvalue weighted by atomic mass is 9.93. The summed E-state index contributed by atoms with van der Waals surface area (Å²) in [5.74, 6) is -1.39. The van der Waals surface area contributed by atoms with Crippen LogP contribution in [-0.2, 0) is 14.3 Å². The minimum atomic E-state index is -1.08. The van der Waals surface area contributed by atoms with Crippen LogP contribution in [0.25, 0.3) is 5.76 Å². The number of aliphatic hydroxyl groups is 1. The van der Waals surface area contributed by atoms with Crippen LogP contribution in [0.1, 0.15) is 38.1 Å². The lowest BCUT2D eigenvalue weighted by Gasteiger charge is -2.24. The molecule has 2 heterocycles. The fourth-order valence-electron chi connectivity index (χ4n) is 4.31. The Morgan fingerprint density at radius 1 is 0.974 bits per heavy atom. The molecular weight excluding hydrogens is 512 g/mol. The van der Waals surface area contributed by atoms with Crippen molar-refractivity contribution in [3.8, 4) is 17.2 Å². The highest BCUT2D eigenvalue weighted by Gasteiger charge is 2.48. The molecule has 1 aliphatic rings. The van der Waals surface area contributed by atoms with E-state index in [9.17, 15) is 19.5 Å². The molecule has 0 aliphatic carbocycles. The maximum Gasteiger partial charge on any atom is 0.350 e. The van der Waals surface area contributed by atoms with Crippen molar-refractivity contribution in [1.82, 2.24) is 4.98 Å². The summed E-state index contributed by atoms with van der Waals surface area (Å²) >= 11 is 0.919. The molecule has 1 aromatic heterocycles. The quantitative estimate of drug-likeness (QED) is 0.204. The average Bonchev–Trinajstić information content (AvgIpc) is 3.43. The molecule has 1 saturated heterocycles. The van der Waals surface area contributed by atoms with Gasteiger partial charge in [0.25, 0.3) is 5.78 Å². The van der Waals surface area contributed by atoms with E-state index >= 15 is 0 Å².